The van der Waals surface area contributed by atoms with Crippen molar-refractivity contribution in [2.45, 2.75) is 30.2 Å². The molecular weight excluding hydrogens is 384 g/mol. The van der Waals surface area contributed by atoms with Gasteiger partial charge in [-0.15, -0.1) is 0 Å². The van der Waals surface area contributed by atoms with Gasteiger partial charge in [-0.2, -0.15) is 0 Å². The molecule has 5 nitrogen and oxygen atoms in total. The Balaban J connectivity index is 1.69. The van der Waals surface area contributed by atoms with Crippen LogP contribution in [-0.2, 0) is 22.9 Å². The van der Waals surface area contributed by atoms with Crippen LogP contribution in [0, 0.1) is 0 Å². The molecule has 1 aromatic heterocycles. The van der Waals surface area contributed by atoms with Crippen molar-refractivity contribution in [2.24, 2.45) is 0 Å². The molecule has 1 aliphatic carbocycles. The number of sulfonamides is 1. The van der Waals surface area contributed by atoms with Gasteiger partial charge in [0.05, 0.1) is 4.90 Å². The van der Waals surface area contributed by atoms with Crippen molar-refractivity contribution in [3.63, 3.8) is 0 Å². The average molecular weight is 405 g/mol. The second-order valence-corrected chi connectivity index (χ2v) is 9.26. The monoisotopic (exact) mass is 404 g/mol. The normalized spacial score (nSPS) is 17.3. The lowest BCUT2D eigenvalue weighted by molar-refractivity contribution is 0.261. The minimum Gasteiger partial charge on any atom is -0.461 e. The summed E-state index contributed by atoms with van der Waals surface area (Å²) in [6, 6.07) is 12.1. The number of hydrogen-bond donors (Lipinski definition) is 1. The van der Waals surface area contributed by atoms with Gasteiger partial charge in [0.25, 0.3) is 10.0 Å². The van der Waals surface area contributed by atoms with E-state index in [4.69, 9.17) is 16.0 Å². The van der Waals surface area contributed by atoms with Crippen LogP contribution in [0.4, 0.5) is 5.69 Å². The Morgan fingerprint density at radius 2 is 2.00 bits per heavy atom. The lowest BCUT2D eigenvalue weighted by Crippen LogP contribution is -2.33. The number of halogens is 1. The summed E-state index contributed by atoms with van der Waals surface area (Å²) in [6.45, 7) is 0. The molecule has 1 aliphatic rings. The van der Waals surface area contributed by atoms with Crippen molar-refractivity contribution in [3.8, 4) is 0 Å². The number of hydrogen-bond acceptors (Lipinski definition) is 4. The highest BCUT2D eigenvalue weighted by Crippen LogP contribution is 2.35. The highest BCUT2D eigenvalue weighted by atomic mass is 35.5. The minimum atomic E-state index is -3.71. The number of aryl methyl sites for hydroxylation is 1. The van der Waals surface area contributed by atoms with Gasteiger partial charge in [-0.3, -0.25) is 4.72 Å². The number of rotatable bonds is 4. The van der Waals surface area contributed by atoms with Crippen LogP contribution in [0.2, 0.25) is 5.02 Å². The summed E-state index contributed by atoms with van der Waals surface area (Å²) in [6.07, 6.45) is 2.87. The fourth-order valence-electron chi connectivity index (χ4n) is 3.61. The van der Waals surface area contributed by atoms with Crippen molar-refractivity contribution in [3.05, 3.63) is 58.8 Å². The van der Waals surface area contributed by atoms with Crippen molar-refractivity contribution < 1.29 is 12.8 Å². The largest absolute Gasteiger partial charge is 0.461 e. The zero-order valence-electron chi connectivity index (χ0n) is 15.2. The van der Waals surface area contributed by atoms with Gasteiger partial charge in [-0.05, 0) is 63.3 Å². The zero-order chi connectivity index (χ0) is 19.2. The quantitative estimate of drug-likeness (QED) is 0.703. The number of fused-ring (bicyclic) bond motifs is 3. The second-order valence-electron chi connectivity index (χ2n) is 7.14. The van der Waals surface area contributed by atoms with Gasteiger partial charge < -0.3 is 9.32 Å². The van der Waals surface area contributed by atoms with Crippen LogP contribution >= 0.6 is 11.6 Å². The van der Waals surface area contributed by atoms with Crippen LogP contribution in [0.15, 0.2) is 51.8 Å². The summed E-state index contributed by atoms with van der Waals surface area (Å²) in [5, 5.41) is 1.36. The highest BCUT2D eigenvalue weighted by Gasteiger charge is 2.26. The van der Waals surface area contributed by atoms with Crippen LogP contribution in [-0.4, -0.2) is 33.5 Å². The van der Waals surface area contributed by atoms with E-state index in [1.165, 1.54) is 17.7 Å². The van der Waals surface area contributed by atoms with Crippen molar-refractivity contribution in [1.29, 1.82) is 0 Å². The first kappa shape index (κ1) is 18.3. The lowest BCUT2D eigenvalue weighted by atomic mass is 9.91. The van der Waals surface area contributed by atoms with Gasteiger partial charge in [0.15, 0.2) is 0 Å². The van der Waals surface area contributed by atoms with Gasteiger partial charge in [-0.1, -0.05) is 17.7 Å². The van der Waals surface area contributed by atoms with Crippen LogP contribution in [0.5, 0.6) is 0 Å². The minimum absolute atomic E-state index is 0.136. The molecule has 0 bridgehead atoms. The molecule has 0 aliphatic heterocycles. The van der Waals surface area contributed by atoms with E-state index in [1.54, 1.807) is 18.2 Å². The molecular formula is C20H21ClN2O3S. The number of anilines is 1. The zero-order valence-corrected chi connectivity index (χ0v) is 16.8. The van der Waals surface area contributed by atoms with Crippen LogP contribution in [0.3, 0.4) is 0 Å². The van der Waals surface area contributed by atoms with Crippen LogP contribution in [0.1, 0.15) is 17.7 Å². The molecule has 0 spiro atoms. The Kier molecular flexibility index (Phi) is 4.66. The lowest BCUT2D eigenvalue weighted by Gasteiger charge is -2.27. The number of benzene rings is 2. The maximum absolute atomic E-state index is 12.7. The highest BCUT2D eigenvalue weighted by molar-refractivity contribution is 7.92. The van der Waals surface area contributed by atoms with E-state index in [1.807, 2.05) is 12.1 Å². The topological polar surface area (TPSA) is 62.6 Å². The predicted octanol–water partition coefficient (Wildman–Crippen LogP) is 4.31. The van der Waals surface area contributed by atoms with E-state index in [9.17, 15) is 8.42 Å². The third kappa shape index (κ3) is 3.57. The van der Waals surface area contributed by atoms with Crippen molar-refractivity contribution >= 4 is 38.3 Å². The molecule has 0 fully saturated rings. The molecule has 0 radical (unpaired) electrons. The Bertz CT molecular complexity index is 1110. The molecule has 0 saturated carbocycles. The summed E-state index contributed by atoms with van der Waals surface area (Å²) in [4.78, 5) is 2.37. The van der Waals surface area contributed by atoms with E-state index < -0.39 is 10.0 Å². The Morgan fingerprint density at radius 3 is 2.74 bits per heavy atom. The number of nitrogens with zero attached hydrogens (tertiary/aromatic N) is 1. The van der Waals surface area contributed by atoms with Crippen LogP contribution < -0.4 is 4.72 Å². The Morgan fingerprint density at radius 1 is 1.19 bits per heavy atom. The van der Waals surface area contributed by atoms with E-state index in [0.29, 0.717) is 16.8 Å². The smallest absolute Gasteiger partial charge is 0.261 e. The maximum Gasteiger partial charge on any atom is 0.261 e. The summed E-state index contributed by atoms with van der Waals surface area (Å²) < 4.78 is 34.0. The summed E-state index contributed by atoms with van der Waals surface area (Å²) in [5.41, 5.74) is 2.49. The molecule has 3 aromatic rings. The van der Waals surface area contributed by atoms with E-state index >= 15 is 0 Å². The first-order valence-electron chi connectivity index (χ1n) is 8.82. The van der Waals surface area contributed by atoms with Gasteiger partial charge in [-0.25, -0.2) is 8.42 Å². The fraction of sp³-hybridized carbons (Fsp3) is 0.300. The molecule has 4 rings (SSSR count). The molecule has 142 valence electrons. The number of furan rings is 1. The van der Waals surface area contributed by atoms with Crippen LogP contribution in [0.25, 0.3) is 11.0 Å². The molecule has 1 unspecified atom stereocenters. The Hall–Kier alpha value is -2.02. The first-order valence-corrected chi connectivity index (χ1v) is 10.7. The standard InChI is InChI=1S/C20H21ClN2O3S/c1-23(2)15-7-9-20-18(12-15)17-11-14(6-8-19(17)26-20)22-27(24,25)16-5-3-4-13(21)10-16/h3-6,8,10-11,15,22H,7,9,12H2,1-2H3. The predicted molar refractivity (Wildman–Crippen MR) is 108 cm³/mol. The third-order valence-electron chi connectivity index (χ3n) is 5.11. The third-order valence-corrected chi connectivity index (χ3v) is 6.72. The van der Waals surface area contributed by atoms with Gasteiger partial charge in [0, 0.05) is 34.1 Å². The van der Waals surface area contributed by atoms with Gasteiger partial charge in [0.2, 0.25) is 0 Å². The molecule has 1 atom stereocenters. The Labute approximate surface area is 164 Å². The summed E-state index contributed by atoms with van der Waals surface area (Å²) >= 11 is 5.93. The second kappa shape index (κ2) is 6.86. The molecule has 0 amide bonds. The molecule has 2 aromatic carbocycles. The first-order chi connectivity index (χ1) is 12.8. The number of likely N-dealkylation sites (N-methyl/N-ethyl adjacent to an activating group) is 1. The molecule has 1 heterocycles. The van der Waals surface area contributed by atoms with E-state index in [0.717, 1.165) is 36.0 Å². The van der Waals surface area contributed by atoms with Crippen molar-refractivity contribution in [2.75, 3.05) is 18.8 Å². The molecule has 1 N–H and O–H groups in total. The molecule has 27 heavy (non-hydrogen) atoms. The summed E-state index contributed by atoms with van der Waals surface area (Å²) in [7, 11) is 0.465. The fourth-order valence-corrected chi connectivity index (χ4v) is 4.96. The summed E-state index contributed by atoms with van der Waals surface area (Å²) in [5.74, 6) is 1.01. The van der Waals surface area contributed by atoms with Gasteiger partial charge in [0.1, 0.15) is 11.3 Å². The SMILES string of the molecule is CN(C)C1CCc2oc3ccc(NS(=O)(=O)c4cccc(Cl)c4)cc3c2C1. The molecule has 7 heteroatoms. The maximum atomic E-state index is 12.7. The average Bonchev–Trinajstić information content (AvgIpc) is 2.98. The van der Waals surface area contributed by atoms with Gasteiger partial charge >= 0.3 is 0 Å². The van der Waals surface area contributed by atoms with Crippen molar-refractivity contribution in [1.82, 2.24) is 4.90 Å². The molecule has 0 saturated heterocycles. The van der Waals surface area contributed by atoms with E-state index in [-0.39, 0.29) is 4.90 Å². The van der Waals surface area contributed by atoms with E-state index in [2.05, 4.69) is 23.7 Å². The number of nitrogens with one attached hydrogen (secondary N) is 1.